The minimum absolute atomic E-state index is 0.0922. The van der Waals surface area contributed by atoms with E-state index in [4.69, 9.17) is 4.74 Å². The average molecular weight is 327 g/mol. The van der Waals surface area contributed by atoms with Gasteiger partial charge >= 0.3 is 5.97 Å². The zero-order valence-electron chi connectivity index (χ0n) is 15.5. The Morgan fingerprint density at radius 2 is 1.35 bits per heavy atom. The summed E-state index contributed by atoms with van der Waals surface area (Å²) in [5, 5.41) is 0. The summed E-state index contributed by atoms with van der Waals surface area (Å²) >= 11 is 0. The van der Waals surface area contributed by atoms with Gasteiger partial charge in [-0.05, 0) is 25.7 Å². The highest BCUT2D eigenvalue weighted by atomic mass is 16.6. The summed E-state index contributed by atoms with van der Waals surface area (Å²) in [5.41, 5.74) is 0.177. The summed E-state index contributed by atoms with van der Waals surface area (Å²) in [6.45, 7) is 3.21. The summed E-state index contributed by atoms with van der Waals surface area (Å²) in [7, 11) is 1.46. The third-order valence-corrected chi connectivity index (χ3v) is 5.03. The molecular formula is C20H38O3. The van der Waals surface area contributed by atoms with Gasteiger partial charge in [0.15, 0.2) is 0 Å². The molecule has 1 saturated heterocycles. The zero-order valence-corrected chi connectivity index (χ0v) is 15.5. The van der Waals surface area contributed by atoms with Crippen molar-refractivity contribution in [2.45, 2.75) is 109 Å². The van der Waals surface area contributed by atoms with Crippen LogP contribution < -0.4 is 0 Å². The maximum Gasteiger partial charge on any atom is 0.305 e. The number of epoxide rings is 1. The molecule has 0 amide bonds. The van der Waals surface area contributed by atoms with Gasteiger partial charge in [0.2, 0.25) is 0 Å². The Labute approximate surface area is 143 Å². The standard InChI is InChI=1S/C20H38O3/c1-3-4-5-6-7-8-9-10-11-13-16-20(18-23-20)17-14-12-15-19(21)22-2/h3-18H2,1-2H3. The van der Waals surface area contributed by atoms with Crippen LogP contribution in [0.15, 0.2) is 0 Å². The zero-order chi connectivity index (χ0) is 16.8. The Kier molecular flexibility index (Phi) is 11.4. The van der Waals surface area contributed by atoms with Gasteiger partial charge in [-0.25, -0.2) is 0 Å². The topological polar surface area (TPSA) is 38.8 Å². The van der Waals surface area contributed by atoms with Crippen molar-refractivity contribution >= 4 is 5.97 Å². The van der Waals surface area contributed by atoms with Crippen LogP contribution in [-0.4, -0.2) is 25.3 Å². The second-order valence-electron chi connectivity index (χ2n) is 7.19. The molecule has 23 heavy (non-hydrogen) atoms. The predicted octanol–water partition coefficient (Wildman–Crippen LogP) is 5.80. The molecular weight excluding hydrogens is 288 g/mol. The fraction of sp³-hybridized carbons (Fsp3) is 0.950. The Morgan fingerprint density at radius 3 is 1.83 bits per heavy atom. The first-order valence-electron chi connectivity index (χ1n) is 9.93. The number of carbonyl (C=O) groups excluding carboxylic acids is 1. The number of ether oxygens (including phenoxy) is 2. The first kappa shape index (κ1) is 20.5. The molecule has 0 aromatic heterocycles. The van der Waals surface area contributed by atoms with Crippen molar-refractivity contribution in [3.8, 4) is 0 Å². The second-order valence-corrected chi connectivity index (χ2v) is 7.19. The summed E-state index contributed by atoms with van der Waals surface area (Å²) < 4.78 is 10.4. The number of unbranched alkanes of at least 4 members (excludes halogenated alkanes) is 10. The fourth-order valence-corrected chi connectivity index (χ4v) is 3.27. The highest BCUT2D eigenvalue weighted by Gasteiger charge is 2.42. The number of methoxy groups -OCH3 is 1. The number of hydrogen-bond donors (Lipinski definition) is 0. The molecule has 0 saturated carbocycles. The van der Waals surface area contributed by atoms with Crippen molar-refractivity contribution in [3.63, 3.8) is 0 Å². The lowest BCUT2D eigenvalue weighted by Crippen LogP contribution is -2.11. The lowest BCUT2D eigenvalue weighted by Gasteiger charge is -2.11. The number of rotatable bonds is 16. The van der Waals surface area contributed by atoms with Gasteiger partial charge in [0.25, 0.3) is 0 Å². The van der Waals surface area contributed by atoms with Gasteiger partial charge in [-0.1, -0.05) is 71.1 Å². The first-order chi connectivity index (χ1) is 11.2. The highest BCUT2D eigenvalue weighted by molar-refractivity contribution is 5.68. The van der Waals surface area contributed by atoms with Gasteiger partial charge in [-0.2, -0.15) is 0 Å². The van der Waals surface area contributed by atoms with Gasteiger partial charge in [0, 0.05) is 6.42 Å². The van der Waals surface area contributed by atoms with E-state index in [1.165, 1.54) is 77.7 Å². The molecule has 1 aliphatic rings. The third kappa shape index (κ3) is 10.8. The largest absolute Gasteiger partial charge is 0.469 e. The van der Waals surface area contributed by atoms with Crippen molar-refractivity contribution in [2.24, 2.45) is 0 Å². The number of hydrogen-bond acceptors (Lipinski definition) is 3. The van der Waals surface area contributed by atoms with Crippen LogP contribution in [0.5, 0.6) is 0 Å². The van der Waals surface area contributed by atoms with Crippen LogP contribution in [0.25, 0.3) is 0 Å². The van der Waals surface area contributed by atoms with E-state index in [-0.39, 0.29) is 11.6 Å². The van der Waals surface area contributed by atoms with E-state index >= 15 is 0 Å². The minimum Gasteiger partial charge on any atom is -0.469 e. The lowest BCUT2D eigenvalue weighted by atomic mass is 9.95. The molecule has 1 fully saturated rings. The molecule has 0 aliphatic carbocycles. The molecule has 3 heteroatoms. The second kappa shape index (κ2) is 12.8. The monoisotopic (exact) mass is 326 g/mol. The Bertz CT molecular complexity index is 297. The Balaban J connectivity index is 1.86. The van der Waals surface area contributed by atoms with Crippen LogP contribution in [0.2, 0.25) is 0 Å². The van der Waals surface area contributed by atoms with E-state index in [1.807, 2.05) is 0 Å². The van der Waals surface area contributed by atoms with Crippen molar-refractivity contribution in [2.75, 3.05) is 13.7 Å². The summed E-state index contributed by atoms with van der Waals surface area (Å²) in [6, 6.07) is 0. The quantitative estimate of drug-likeness (QED) is 0.204. The van der Waals surface area contributed by atoms with Crippen molar-refractivity contribution in [1.29, 1.82) is 0 Å². The molecule has 0 bridgehead atoms. The first-order valence-corrected chi connectivity index (χ1v) is 9.93. The lowest BCUT2D eigenvalue weighted by molar-refractivity contribution is -0.140. The maximum atomic E-state index is 11.1. The summed E-state index contributed by atoms with van der Waals surface area (Å²) in [4.78, 5) is 11.1. The molecule has 136 valence electrons. The van der Waals surface area contributed by atoms with Crippen molar-refractivity contribution < 1.29 is 14.3 Å². The van der Waals surface area contributed by atoms with Crippen LogP contribution in [-0.2, 0) is 14.3 Å². The molecule has 0 spiro atoms. The minimum atomic E-state index is -0.0922. The van der Waals surface area contributed by atoms with Crippen LogP contribution in [0.3, 0.4) is 0 Å². The van der Waals surface area contributed by atoms with Gasteiger partial charge in [-0.15, -0.1) is 0 Å². The molecule has 0 aromatic carbocycles. The fourth-order valence-electron chi connectivity index (χ4n) is 3.27. The SMILES string of the molecule is CCCCCCCCCCCCC1(CCCCC(=O)OC)CO1. The Hall–Kier alpha value is -0.570. The number of carbonyl (C=O) groups is 1. The van der Waals surface area contributed by atoms with E-state index in [0.717, 1.165) is 25.9 Å². The van der Waals surface area contributed by atoms with E-state index < -0.39 is 0 Å². The molecule has 1 aliphatic heterocycles. The number of esters is 1. The molecule has 1 unspecified atom stereocenters. The molecule has 1 rings (SSSR count). The van der Waals surface area contributed by atoms with Crippen LogP contribution in [0, 0.1) is 0 Å². The van der Waals surface area contributed by atoms with Crippen LogP contribution >= 0.6 is 0 Å². The maximum absolute atomic E-state index is 11.1. The Morgan fingerprint density at radius 1 is 0.870 bits per heavy atom. The molecule has 1 atom stereocenters. The molecule has 3 nitrogen and oxygen atoms in total. The van der Waals surface area contributed by atoms with Gasteiger partial charge in [-0.3, -0.25) is 4.79 Å². The third-order valence-electron chi connectivity index (χ3n) is 5.03. The average Bonchev–Trinajstić information content (AvgIpc) is 3.33. The van der Waals surface area contributed by atoms with Gasteiger partial charge < -0.3 is 9.47 Å². The van der Waals surface area contributed by atoms with Crippen molar-refractivity contribution in [3.05, 3.63) is 0 Å². The smallest absolute Gasteiger partial charge is 0.305 e. The van der Waals surface area contributed by atoms with Crippen molar-refractivity contribution in [1.82, 2.24) is 0 Å². The van der Waals surface area contributed by atoms with E-state index in [2.05, 4.69) is 11.7 Å². The van der Waals surface area contributed by atoms with E-state index in [0.29, 0.717) is 6.42 Å². The highest BCUT2D eigenvalue weighted by Crippen LogP contribution is 2.38. The molecule has 0 radical (unpaired) electrons. The predicted molar refractivity (Wildman–Crippen MR) is 95.6 cm³/mol. The normalized spacial score (nSPS) is 19.7. The van der Waals surface area contributed by atoms with Gasteiger partial charge in [0.05, 0.1) is 19.3 Å². The summed E-state index contributed by atoms with van der Waals surface area (Å²) in [5.74, 6) is -0.0922. The van der Waals surface area contributed by atoms with E-state index in [1.54, 1.807) is 0 Å². The van der Waals surface area contributed by atoms with Gasteiger partial charge in [0.1, 0.15) is 0 Å². The summed E-state index contributed by atoms with van der Waals surface area (Å²) in [6.07, 6.45) is 18.7. The molecule has 1 heterocycles. The van der Waals surface area contributed by atoms with Crippen LogP contribution in [0.4, 0.5) is 0 Å². The van der Waals surface area contributed by atoms with Crippen LogP contribution in [0.1, 0.15) is 103 Å². The van der Waals surface area contributed by atoms with E-state index in [9.17, 15) is 4.79 Å². The molecule has 0 aromatic rings. The molecule has 0 N–H and O–H groups in total.